The molecule has 0 unspecified atom stereocenters. The number of rotatable bonds is 5. The second-order valence-electron chi connectivity index (χ2n) is 8.25. The molecule has 1 fully saturated rings. The summed E-state index contributed by atoms with van der Waals surface area (Å²) in [6.07, 6.45) is 1.67. The van der Waals surface area contributed by atoms with Crippen LogP contribution in [0.2, 0.25) is 0 Å². The van der Waals surface area contributed by atoms with Gasteiger partial charge in [0.15, 0.2) is 11.0 Å². The number of benzene rings is 2. The lowest BCUT2D eigenvalue weighted by Gasteiger charge is -2.34. The van der Waals surface area contributed by atoms with Crippen LogP contribution in [-0.4, -0.2) is 51.3 Å². The Balaban J connectivity index is 1.44. The maximum Gasteiger partial charge on any atom is 0.197 e. The van der Waals surface area contributed by atoms with Crippen LogP contribution < -0.4 is 5.43 Å². The molecule has 33 heavy (non-hydrogen) atoms. The van der Waals surface area contributed by atoms with Gasteiger partial charge in [0.1, 0.15) is 34.2 Å². The number of fused-ring (bicyclic) bond motifs is 1. The maximum atomic E-state index is 12.8. The Kier molecular flexibility index (Phi) is 5.53. The Bertz CT molecular complexity index is 1320. The van der Waals surface area contributed by atoms with Gasteiger partial charge in [0, 0.05) is 50.4 Å². The summed E-state index contributed by atoms with van der Waals surface area (Å²) >= 11 is 0. The summed E-state index contributed by atoms with van der Waals surface area (Å²) in [4.78, 5) is 17.3. The fraction of sp³-hybridized carbons (Fsp3) is 0.240. The second kappa shape index (κ2) is 8.65. The summed E-state index contributed by atoms with van der Waals surface area (Å²) in [5, 5.41) is 30.6. The van der Waals surface area contributed by atoms with Gasteiger partial charge in [0.25, 0.3) is 0 Å². The monoisotopic (exact) mass is 448 g/mol. The quantitative estimate of drug-likeness (QED) is 0.426. The fourth-order valence-corrected chi connectivity index (χ4v) is 4.23. The lowest BCUT2D eigenvalue weighted by Crippen LogP contribution is -2.45. The van der Waals surface area contributed by atoms with Crippen molar-refractivity contribution in [1.82, 2.24) is 9.80 Å². The van der Waals surface area contributed by atoms with Gasteiger partial charge in [-0.2, -0.15) is 0 Å². The van der Waals surface area contributed by atoms with Crippen LogP contribution in [0.15, 0.2) is 68.4 Å². The van der Waals surface area contributed by atoms with Gasteiger partial charge in [-0.05, 0) is 36.4 Å². The van der Waals surface area contributed by atoms with Crippen LogP contribution >= 0.6 is 0 Å². The highest BCUT2D eigenvalue weighted by Crippen LogP contribution is 2.36. The smallest absolute Gasteiger partial charge is 0.197 e. The topological polar surface area (TPSA) is 111 Å². The summed E-state index contributed by atoms with van der Waals surface area (Å²) in [6, 6.07) is 12.6. The van der Waals surface area contributed by atoms with E-state index in [2.05, 4.69) is 9.80 Å². The van der Waals surface area contributed by atoms with Crippen molar-refractivity contribution in [2.75, 3.05) is 26.2 Å². The number of furan rings is 1. The van der Waals surface area contributed by atoms with E-state index in [-0.39, 0.29) is 28.2 Å². The van der Waals surface area contributed by atoms with Crippen LogP contribution in [0, 0.1) is 0 Å². The zero-order valence-electron chi connectivity index (χ0n) is 17.9. The van der Waals surface area contributed by atoms with Crippen LogP contribution in [-0.2, 0) is 13.1 Å². The molecule has 170 valence electrons. The highest BCUT2D eigenvalue weighted by molar-refractivity contribution is 5.89. The zero-order valence-corrected chi connectivity index (χ0v) is 17.9. The van der Waals surface area contributed by atoms with Crippen LogP contribution in [0.5, 0.6) is 17.2 Å². The lowest BCUT2D eigenvalue weighted by atomic mass is 10.1. The van der Waals surface area contributed by atoms with Crippen molar-refractivity contribution in [2.24, 2.45) is 0 Å². The largest absolute Gasteiger partial charge is 0.508 e. The highest BCUT2D eigenvalue weighted by Gasteiger charge is 2.23. The summed E-state index contributed by atoms with van der Waals surface area (Å²) in [5.74, 6) is 0.879. The molecule has 8 heteroatoms. The zero-order chi connectivity index (χ0) is 22.9. The second-order valence-corrected chi connectivity index (χ2v) is 8.25. The molecule has 1 aliphatic heterocycles. The van der Waals surface area contributed by atoms with Gasteiger partial charge in [-0.15, -0.1) is 0 Å². The van der Waals surface area contributed by atoms with Gasteiger partial charge < -0.3 is 24.2 Å². The van der Waals surface area contributed by atoms with E-state index < -0.39 is 5.43 Å². The molecule has 0 aliphatic carbocycles. The molecule has 3 heterocycles. The molecule has 0 atom stereocenters. The molecule has 0 bridgehead atoms. The van der Waals surface area contributed by atoms with Crippen molar-refractivity contribution in [2.45, 2.75) is 13.1 Å². The molecule has 0 saturated carbocycles. The Hall–Kier alpha value is -3.75. The average Bonchev–Trinajstić information content (AvgIpc) is 3.31. The molecule has 3 N–H and O–H groups in total. The first-order valence-electron chi connectivity index (χ1n) is 10.8. The summed E-state index contributed by atoms with van der Waals surface area (Å²) in [6.45, 7) is 4.33. The Morgan fingerprint density at radius 3 is 2.21 bits per heavy atom. The average molecular weight is 448 g/mol. The van der Waals surface area contributed by atoms with E-state index in [0.717, 1.165) is 38.5 Å². The Labute approximate surface area is 189 Å². The normalized spacial score (nSPS) is 15.3. The van der Waals surface area contributed by atoms with Gasteiger partial charge >= 0.3 is 0 Å². The van der Waals surface area contributed by atoms with Gasteiger partial charge in [0.2, 0.25) is 0 Å². The molecule has 2 aromatic carbocycles. The molecular weight excluding hydrogens is 424 g/mol. The van der Waals surface area contributed by atoms with E-state index in [9.17, 15) is 20.1 Å². The molecule has 8 nitrogen and oxygen atoms in total. The standard InChI is InChI=1S/C25H24N2O6/c28-17-5-3-16(4-6-17)23-13-22(31)24-21(30)12-20(29)19(25(24)33-23)15-27-9-7-26(8-10-27)14-18-2-1-11-32-18/h1-6,11-13,28-30H,7-10,14-15H2. The molecule has 2 aromatic heterocycles. The predicted octanol–water partition coefficient (Wildman–Crippen LogP) is 3.49. The Morgan fingerprint density at radius 2 is 1.55 bits per heavy atom. The molecule has 0 spiro atoms. The Morgan fingerprint density at radius 1 is 0.848 bits per heavy atom. The van der Waals surface area contributed by atoms with Gasteiger partial charge in [-0.3, -0.25) is 14.6 Å². The lowest BCUT2D eigenvalue weighted by molar-refractivity contribution is 0.115. The summed E-state index contributed by atoms with van der Waals surface area (Å²) < 4.78 is 11.5. The number of aromatic hydroxyl groups is 3. The first-order chi connectivity index (χ1) is 16.0. The molecule has 1 saturated heterocycles. The van der Waals surface area contributed by atoms with Gasteiger partial charge in [-0.25, -0.2) is 0 Å². The van der Waals surface area contributed by atoms with Gasteiger partial charge in [0.05, 0.1) is 18.4 Å². The SMILES string of the molecule is O=c1cc(-c2ccc(O)cc2)oc2c(CN3CCN(Cc4ccco4)CC3)c(O)cc(O)c12. The molecule has 1 aliphatic rings. The van der Waals surface area contributed by atoms with Crippen molar-refractivity contribution in [1.29, 1.82) is 0 Å². The molecule has 4 aromatic rings. The molecule has 0 radical (unpaired) electrons. The number of phenolic OH excluding ortho intramolecular Hbond substituents is 3. The van der Waals surface area contributed by atoms with Crippen molar-refractivity contribution in [3.8, 4) is 28.6 Å². The van der Waals surface area contributed by atoms with E-state index in [1.807, 2.05) is 12.1 Å². The van der Waals surface area contributed by atoms with Crippen molar-refractivity contribution < 1.29 is 24.2 Å². The number of nitrogens with zero attached hydrogens (tertiary/aromatic N) is 2. The maximum absolute atomic E-state index is 12.8. The van der Waals surface area contributed by atoms with Gasteiger partial charge in [-0.1, -0.05) is 0 Å². The van der Waals surface area contributed by atoms with Crippen molar-refractivity contribution in [3.05, 3.63) is 76.3 Å². The van der Waals surface area contributed by atoms with Crippen molar-refractivity contribution in [3.63, 3.8) is 0 Å². The van der Waals surface area contributed by atoms with Crippen LogP contribution in [0.25, 0.3) is 22.3 Å². The third-order valence-electron chi connectivity index (χ3n) is 6.02. The number of phenols is 3. The van der Waals surface area contributed by atoms with E-state index >= 15 is 0 Å². The number of hydrogen-bond donors (Lipinski definition) is 3. The molecule has 0 amide bonds. The third-order valence-corrected chi connectivity index (χ3v) is 6.02. The minimum absolute atomic E-state index is 0.0433. The van der Waals surface area contributed by atoms with E-state index in [1.54, 1.807) is 18.4 Å². The minimum atomic E-state index is -0.402. The first-order valence-corrected chi connectivity index (χ1v) is 10.8. The minimum Gasteiger partial charge on any atom is -0.508 e. The molecule has 5 rings (SSSR count). The first kappa shape index (κ1) is 21.1. The van der Waals surface area contributed by atoms with E-state index in [1.165, 1.54) is 24.3 Å². The number of piperazine rings is 1. The van der Waals surface area contributed by atoms with Crippen LogP contribution in [0.1, 0.15) is 11.3 Å². The van der Waals surface area contributed by atoms with Crippen LogP contribution in [0.3, 0.4) is 0 Å². The molecular formula is C25H24N2O6. The predicted molar refractivity (Wildman–Crippen MR) is 122 cm³/mol. The van der Waals surface area contributed by atoms with E-state index in [0.29, 0.717) is 23.4 Å². The fourth-order valence-electron chi connectivity index (χ4n) is 4.23. The van der Waals surface area contributed by atoms with Crippen molar-refractivity contribution >= 4 is 11.0 Å². The summed E-state index contributed by atoms with van der Waals surface area (Å²) in [7, 11) is 0. The number of hydrogen-bond acceptors (Lipinski definition) is 8. The van der Waals surface area contributed by atoms with E-state index in [4.69, 9.17) is 8.83 Å². The van der Waals surface area contributed by atoms with Crippen LogP contribution in [0.4, 0.5) is 0 Å². The third kappa shape index (κ3) is 4.30. The summed E-state index contributed by atoms with van der Waals surface area (Å²) in [5.41, 5.74) is 0.828. The highest BCUT2D eigenvalue weighted by atomic mass is 16.3.